The molecule has 4 heteroatoms. The molecule has 0 aliphatic heterocycles. The molecule has 1 aromatic carbocycles. The van der Waals surface area contributed by atoms with Crippen molar-refractivity contribution in [2.75, 3.05) is 19.6 Å². The maximum atomic E-state index is 12.6. The summed E-state index contributed by atoms with van der Waals surface area (Å²) in [6, 6.07) is 8.39. The van der Waals surface area contributed by atoms with Crippen molar-refractivity contribution in [3.05, 3.63) is 35.4 Å². The standard InChI is InChI=1S/C19H31N3O/c1-3-22(4-2)14-17-10-6-5-9-16(17)13-21-18(23)19(15-20)11-7-8-12-19/h5-6,9-10H,3-4,7-8,11-15,20H2,1-2H3,(H,21,23). The van der Waals surface area contributed by atoms with Gasteiger partial charge in [0.2, 0.25) is 5.91 Å². The molecular formula is C19H31N3O. The van der Waals surface area contributed by atoms with Crippen LogP contribution in [0.2, 0.25) is 0 Å². The second kappa shape index (κ2) is 8.46. The molecule has 1 amide bonds. The van der Waals surface area contributed by atoms with Crippen LogP contribution in [-0.4, -0.2) is 30.4 Å². The molecule has 23 heavy (non-hydrogen) atoms. The van der Waals surface area contributed by atoms with E-state index in [1.54, 1.807) is 0 Å². The molecule has 1 aliphatic carbocycles. The second-order valence-corrected chi connectivity index (χ2v) is 6.60. The van der Waals surface area contributed by atoms with Gasteiger partial charge >= 0.3 is 0 Å². The Labute approximate surface area is 140 Å². The molecule has 0 aromatic heterocycles. The van der Waals surface area contributed by atoms with Gasteiger partial charge in [-0.15, -0.1) is 0 Å². The molecule has 0 radical (unpaired) electrons. The van der Waals surface area contributed by atoms with E-state index >= 15 is 0 Å². The largest absolute Gasteiger partial charge is 0.351 e. The van der Waals surface area contributed by atoms with Crippen LogP contribution in [0.3, 0.4) is 0 Å². The SMILES string of the molecule is CCN(CC)Cc1ccccc1CNC(=O)C1(CN)CCCC1. The van der Waals surface area contributed by atoms with Gasteiger partial charge in [-0.3, -0.25) is 9.69 Å². The molecule has 0 unspecified atom stereocenters. The highest BCUT2D eigenvalue weighted by atomic mass is 16.2. The molecule has 0 heterocycles. The van der Waals surface area contributed by atoms with Crippen LogP contribution in [0, 0.1) is 5.41 Å². The van der Waals surface area contributed by atoms with E-state index in [1.165, 1.54) is 11.1 Å². The lowest BCUT2D eigenvalue weighted by molar-refractivity contribution is -0.130. The number of nitrogens with two attached hydrogens (primary N) is 1. The number of hydrogen-bond acceptors (Lipinski definition) is 3. The zero-order valence-corrected chi connectivity index (χ0v) is 14.6. The van der Waals surface area contributed by atoms with Crippen LogP contribution in [0.15, 0.2) is 24.3 Å². The zero-order chi connectivity index (χ0) is 16.7. The van der Waals surface area contributed by atoms with Gasteiger partial charge in [0.05, 0.1) is 5.41 Å². The summed E-state index contributed by atoms with van der Waals surface area (Å²) in [5.74, 6) is 0.134. The summed E-state index contributed by atoms with van der Waals surface area (Å²) in [5.41, 5.74) is 8.08. The van der Waals surface area contributed by atoms with Crippen molar-refractivity contribution in [2.24, 2.45) is 11.1 Å². The maximum absolute atomic E-state index is 12.6. The van der Waals surface area contributed by atoms with Crippen molar-refractivity contribution in [1.29, 1.82) is 0 Å². The summed E-state index contributed by atoms with van der Waals surface area (Å²) in [4.78, 5) is 15.0. The fraction of sp³-hybridized carbons (Fsp3) is 0.632. The molecular weight excluding hydrogens is 286 g/mol. The average Bonchev–Trinajstić information content (AvgIpc) is 3.08. The van der Waals surface area contributed by atoms with Crippen molar-refractivity contribution in [3.63, 3.8) is 0 Å². The predicted octanol–water partition coefficient (Wildman–Crippen LogP) is 2.66. The number of carbonyl (C=O) groups excluding carboxylic acids is 1. The normalized spacial score (nSPS) is 16.7. The van der Waals surface area contributed by atoms with E-state index in [9.17, 15) is 4.79 Å². The Balaban J connectivity index is 2.01. The van der Waals surface area contributed by atoms with Crippen LogP contribution in [0.4, 0.5) is 0 Å². The van der Waals surface area contributed by atoms with E-state index in [0.717, 1.165) is 45.3 Å². The summed E-state index contributed by atoms with van der Waals surface area (Å²) in [7, 11) is 0. The van der Waals surface area contributed by atoms with Crippen molar-refractivity contribution >= 4 is 5.91 Å². The van der Waals surface area contributed by atoms with Crippen molar-refractivity contribution in [1.82, 2.24) is 10.2 Å². The summed E-state index contributed by atoms with van der Waals surface area (Å²) in [6.45, 7) is 8.41. The van der Waals surface area contributed by atoms with E-state index in [-0.39, 0.29) is 11.3 Å². The number of rotatable bonds is 8. The molecule has 4 nitrogen and oxygen atoms in total. The molecule has 3 N–H and O–H groups in total. The maximum Gasteiger partial charge on any atom is 0.227 e. The molecule has 2 rings (SSSR count). The number of amides is 1. The molecule has 128 valence electrons. The quantitative estimate of drug-likeness (QED) is 0.775. The third-order valence-electron chi connectivity index (χ3n) is 5.28. The van der Waals surface area contributed by atoms with Crippen LogP contribution in [0.5, 0.6) is 0 Å². The summed E-state index contributed by atoms with van der Waals surface area (Å²) in [5, 5.41) is 3.14. The zero-order valence-electron chi connectivity index (χ0n) is 14.6. The smallest absolute Gasteiger partial charge is 0.227 e. The lowest BCUT2D eigenvalue weighted by Crippen LogP contribution is -2.44. The summed E-state index contributed by atoms with van der Waals surface area (Å²) < 4.78 is 0. The van der Waals surface area contributed by atoms with Gasteiger partial charge in [0, 0.05) is 19.6 Å². The van der Waals surface area contributed by atoms with E-state index in [0.29, 0.717) is 13.1 Å². The minimum Gasteiger partial charge on any atom is -0.351 e. The Morgan fingerprint density at radius 1 is 1.17 bits per heavy atom. The first-order valence-electron chi connectivity index (χ1n) is 8.92. The first-order valence-corrected chi connectivity index (χ1v) is 8.92. The Bertz CT molecular complexity index is 505. The topological polar surface area (TPSA) is 58.4 Å². The lowest BCUT2D eigenvalue weighted by atomic mass is 9.85. The van der Waals surface area contributed by atoms with Gasteiger partial charge in [-0.2, -0.15) is 0 Å². The Morgan fingerprint density at radius 2 is 1.78 bits per heavy atom. The van der Waals surface area contributed by atoms with Crippen molar-refractivity contribution < 1.29 is 4.79 Å². The number of benzene rings is 1. The van der Waals surface area contributed by atoms with Gasteiger partial charge in [0.25, 0.3) is 0 Å². The number of hydrogen-bond donors (Lipinski definition) is 2. The lowest BCUT2D eigenvalue weighted by Gasteiger charge is -2.26. The summed E-state index contributed by atoms with van der Waals surface area (Å²) >= 11 is 0. The Morgan fingerprint density at radius 3 is 2.35 bits per heavy atom. The molecule has 1 saturated carbocycles. The number of carbonyl (C=O) groups is 1. The molecule has 0 atom stereocenters. The van der Waals surface area contributed by atoms with Gasteiger partial charge in [-0.1, -0.05) is 51.0 Å². The van der Waals surface area contributed by atoms with Gasteiger partial charge in [0.15, 0.2) is 0 Å². The molecule has 0 saturated heterocycles. The fourth-order valence-corrected chi connectivity index (χ4v) is 3.51. The van der Waals surface area contributed by atoms with Gasteiger partial charge < -0.3 is 11.1 Å². The van der Waals surface area contributed by atoms with Crippen LogP contribution >= 0.6 is 0 Å². The number of nitrogens with one attached hydrogen (secondary N) is 1. The van der Waals surface area contributed by atoms with Crippen molar-refractivity contribution in [3.8, 4) is 0 Å². The molecule has 0 spiro atoms. The van der Waals surface area contributed by atoms with Gasteiger partial charge in [0.1, 0.15) is 0 Å². The first kappa shape index (κ1) is 18.0. The number of nitrogens with zero attached hydrogens (tertiary/aromatic N) is 1. The van der Waals surface area contributed by atoms with Crippen LogP contribution in [-0.2, 0) is 17.9 Å². The minimum atomic E-state index is -0.326. The first-order chi connectivity index (χ1) is 11.1. The van der Waals surface area contributed by atoms with E-state index in [4.69, 9.17) is 5.73 Å². The predicted molar refractivity (Wildman–Crippen MR) is 94.9 cm³/mol. The molecule has 0 bridgehead atoms. The summed E-state index contributed by atoms with van der Waals surface area (Å²) in [6.07, 6.45) is 4.08. The van der Waals surface area contributed by atoms with Crippen LogP contribution < -0.4 is 11.1 Å². The molecule has 1 fully saturated rings. The highest BCUT2D eigenvalue weighted by molar-refractivity contribution is 5.83. The molecule has 1 aromatic rings. The van der Waals surface area contributed by atoms with Crippen molar-refractivity contribution in [2.45, 2.75) is 52.6 Å². The van der Waals surface area contributed by atoms with Gasteiger partial charge in [-0.05, 0) is 37.1 Å². The van der Waals surface area contributed by atoms with Crippen LogP contribution in [0.1, 0.15) is 50.7 Å². The van der Waals surface area contributed by atoms with E-state index in [2.05, 4.69) is 42.3 Å². The minimum absolute atomic E-state index is 0.134. The third kappa shape index (κ3) is 4.33. The van der Waals surface area contributed by atoms with E-state index in [1.807, 2.05) is 6.07 Å². The van der Waals surface area contributed by atoms with Crippen LogP contribution in [0.25, 0.3) is 0 Å². The Kier molecular flexibility index (Phi) is 6.60. The third-order valence-corrected chi connectivity index (χ3v) is 5.28. The van der Waals surface area contributed by atoms with E-state index < -0.39 is 0 Å². The molecule has 1 aliphatic rings. The monoisotopic (exact) mass is 317 g/mol. The Hall–Kier alpha value is -1.39. The highest BCUT2D eigenvalue weighted by Crippen LogP contribution is 2.37. The average molecular weight is 317 g/mol. The van der Waals surface area contributed by atoms with Gasteiger partial charge in [-0.25, -0.2) is 0 Å². The second-order valence-electron chi connectivity index (χ2n) is 6.60. The fourth-order valence-electron chi connectivity index (χ4n) is 3.51. The highest BCUT2D eigenvalue weighted by Gasteiger charge is 2.39.